The molecule has 0 spiro atoms. The Bertz CT molecular complexity index is 671. The maximum Gasteiger partial charge on any atom is 0.231 e. The van der Waals surface area contributed by atoms with Gasteiger partial charge in [0.1, 0.15) is 5.03 Å². The number of aromatic nitrogens is 3. The van der Waals surface area contributed by atoms with Gasteiger partial charge in [0.15, 0.2) is 5.82 Å². The van der Waals surface area contributed by atoms with Crippen LogP contribution in [0.15, 0.2) is 27.7 Å². The Hall–Kier alpha value is -2.42. The monoisotopic (exact) mass is 335 g/mol. The van der Waals surface area contributed by atoms with E-state index in [1.807, 2.05) is 0 Å². The van der Waals surface area contributed by atoms with E-state index < -0.39 is 0 Å². The number of aryl methyl sites for hydroxylation is 1. The van der Waals surface area contributed by atoms with Crippen molar-refractivity contribution >= 4 is 35.3 Å². The molecule has 0 atom stereocenters. The van der Waals surface area contributed by atoms with Gasteiger partial charge in [0.2, 0.25) is 17.7 Å². The topological polar surface area (TPSA) is 110 Å². The summed E-state index contributed by atoms with van der Waals surface area (Å²) in [7, 11) is 0. The van der Waals surface area contributed by atoms with E-state index in [2.05, 4.69) is 26.0 Å². The van der Waals surface area contributed by atoms with Crippen LogP contribution in [-0.4, -0.2) is 32.9 Å². The number of nitrogens with zero attached hydrogens (tertiary/aromatic N) is 3. The molecule has 122 valence electrons. The lowest BCUT2D eigenvalue weighted by Crippen LogP contribution is -2.10. The van der Waals surface area contributed by atoms with Crippen LogP contribution in [0.1, 0.15) is 25.5 Å². The quantitative estimate of drug-likeness (QED) is 0.589. The SMILES string of the molecule is CC(=O)Nc1ccc(SCCCC(=O)Nc2cc(C)no2)nn1. The standard InChI is InChI=1S/C14H17N5O3S/c1-9-8-13(22-19-9)16-12(21)4-3-7-23-14-6-5-11(17-18-14)15-10(2)20/h5-6,8H,3-4,7H2,1-2H3,(H,16,21)(H,15,17,20). The number of hydrogen-bond donors (Lipinski definition) is 2. The molecule has 2 heterocycles. The van der Waals surface area contributed by atoms with E-state index in [4.69, 9.17) is 4.52 Å². The lowest BCUT2D eigenvalue weighted by molar-refractivity contribution is -0.116. The van der Waals surface area contributed by atoms with Gasteiger partial charge in [-0.15, -0.1) is 22.0 Å². The zero-order chi connectivity index (χ0) is 16.7. The molecule has 2 amide bonds. The lowest BCUT2D eigenvalue weighted by atomic mass is 10.3. The lowest BCUT2D eigenvalue weighted by Gasteiger charge is -2.03. The van der Waals surface area contributed by atoms with Crippen LogP contribution in [-0.2, 0) is 9.59 Å². The molecule has 0 aliphatic carbocycles. The fourth-order valence-corrected chi connectivity index (χ4v) is 2.44. The minimum Gasteiger partial charge on any atom is -0.338 e. The Balaban J connectivity index is 1.66. The smallest absolute Gasteiger partial charge is 0.231 e. The number of nitrogens with one attached hydrogen (secondary N) is 2. The van der Waals surface area contributed by atoms with Gasteiger partial charge in [-0.25, -0.2) is 0 Å². The van der Waals surface area contributed by atoms with Crippen LogP contribution in [0.5, 0.6) is 0 Å². The first kappa shape index (κ1) is 16.9. The molecule has 0 aromatic carbocycles. The van der Waals surface area contributed by atoms with Gasteiger partial charge in [0.25, 0.3) is 0 Å². The number of carbonyl (C=O) groups excluding carboxylic acids is 2. The Morgan fingerprint density at radius 1 is 1.26 bits per heavy atom. The second-order valence-electron chi connectivity index (χ2n) is 4.77. The molecule has 2 N–H and O–H groups in total. The summed E-state index contributed by atoms with van der Waals surface area (Å²) in [6, 6.07) is 5.13. The Labute approximate surface area is 137 Å². The minimum atomic E-state index is -0.187. The van der Waals surface area contributed by atoms with Crippen LogP contribution >= 0.6 is 11.8 Å². The van der Waals surface area contributed by atoms with Gasteiger partial charge in [-0.3, -0.25) is 14.9 Å². The normalized spacial score (nSPS) is 10.3. The maximum absolute atomic E-state index is 11.7. The predicted molar refractivity (Wildman–Crippen MR) is 86.2 cm³/mol. The minimum absolute atomic E-state index is 0.117. The van der Waals surface area contributed by atoms with Gasteiger partial charge in [-0.1, -0.05) is 5.16 Å². The molecule has 0 aliphatic heterocycles. The van der Waals surface area contributed by atoms with Crippen LogP contribution in [0.2, 0.25) is 0 Å². The van der Waals surface area contributed by atoms with Gasteiger partial charge in [-0.2, -0.15) is 0 Å². The first-order chi connectivity index (χ1) is 11.0. The molecule has 2 aromatic heterocycles. The average molecular weight is 335 g/mol. The molecule has 8 nitrogen and oxygen atoms in total. The van der Waals surface area contributed by atoms with Gasteiger partial charge >= 0.3 is 0 Å². The van der Waals surface area contributed by atoms with Crippen molar-refractivity contribution in [2.75, 3.05) is 16.4 Å². The van der Waals surface area contributed by atoms with Gasteiger partial charge in [0.05, 0.1) is 5.69 Å². The third kappa shape index (κ3) is 6.07. The molecule has 0 radical (unpaired) electrons. The summed E-state index contributed by atoms with van der Waals surface area (Å²) < 4.78 is 4.91. The number of anilines is 2. The summed E-state index contributed by atoms with van der Waals surface area (Å²) in [5.41, 5.74) is 0.720. The van der Waals surface area contributed by atoms with Gasteiger partial charge < -0.3 is 9.84 Å². The van der Waals surface area contributed by atoms with Crippen molar-refractivity contribution in [2.24, 2.45) is 0 Å². The molecule has 0 saturated carbocycles. The average Bonchev–Trinajstić information content (AvgIpc) is 2.90. The third-order valence-corrected chi connectivity index (χ3v) is 3.64. The van der Waals surface area contributed by atoms with Crippen molar-refractivity contribution < 1.29 is 14.1 Å². The summed E-state index contributed by atoms with van der Waals surface area (Å²) in [6.07, 6.45) is 1.07. The molecular weight excluding hydrogens is 318 g/mol. The van der Waals surface area contributed by atoms with Crippen LogP contribution in [0, 0.1) is 6.92 Å². The number of rotatable bonds is 7. The van der Waals surface area contributed by atoms with Crippen molar-refractivity contribution in [1.82, 2.24) is 15.4 Å². The highest BCUT2D eigenvalue weighted by atomic mass is 32.2. The Kier molecular flexibility index (Phi) is 6.10. The molecule has 0 saturated heterocycles. The molecule has 0 fully saturated rings. The largest absolute Gasteiger partial charge is 0.338 e. The van der Waals surface area contributed by atoms with Crippen molar-refractivity contribution in [1.29, 1.82) is 0 Å². The molecule has 9 heteroatoms. The summed E-state index contributed by atoms with van der Waals surface area (Å²) in [6.45, 7) is 3.20. The zero-order valence-electron chi connectivity index (χ0n) is 12.8. The van der Waals surface area contributed by atoms with Crippen LogP contribution in [0.25, 0.3) is 0 Å². The third-order valence-electron chi connectivity index (χ3n) is 2.63. The van der Waals surface area contributed by atoms with E-state index in [0.29, 0.717) is 24.5 Å². The number of amides is 2. The fraction of sp³-hybridized carbons (Fsp3) is 0.357. The first-order valence-electron chi connectivity index (χ1n) is 7.00. The van der Waals surface area contributed by atoms with Gasteiger partial charge in [-0.05, 0) is 25.5 Å². The van der Waals surface area contributed by atoms with Crippen LogP contribution in [0.3, 0.4) is 0 Å². The molecule has 2 rings (SSSR count). The molecule has 2 aromatic rings. The second kappa shape index (κ2) is 8.28. The van der Waals surface area contributed by atoms with E-state index in [9.17, 15) is 9.59 Å². The zero-order valence-corrected chi connectivity index (χ0v) is 13.6. The summed E-state index contributed by atoms with van der Waals surface area (Å²) in [5, 5.41) is 17.5. The number of thioether (sulfide) groups is 1. The summed E-state index contributed by atoms with van der Waals surface area (Å²) in [4.78, 5) is 22.6. The maximum atomic E-state index is 11.7. The summed E-state index contributed by atoms with van der Waals surface area (Å²) in [5.74, 6) is 1.21. The second-order valence-corrected chi connectivity index (χ2v) is 5.89. The van der Waals surface area contributed by atoms with E-state index in [1.165, 1.54) is 18.7 Å². The fourth-order valence-electron chi connectivity index (χ4n) is 1.68. The number of hydrogen-bond acceptors (Lipinski definition) is 7. The van der Waals surface area contributed by atoms with Crippen LogP contribution in [0.4, 0.5) is 11.7 Å². The van der Waals surface area contributed by atoms with Crippen molar-refractivity contribution in [2.45, 2.75) is 31.7 Å². The highest BCUT2D eigenvalue weighted by Gasteiger charge is 2.07. The van der Waals surface area contributed by atoms with Crippen molar-refractivity contribution in [3.8, 4) is 0 Å². The molecule has 0 bridgehead atoms. The van der Waals surface area contributed by atoms with Crippen molar-refractivity contribution in [3.05, 3.63) is 23.9 Å². The van der Waals surface area contributed by atoms with E-state index >= 15 is 0 Å². The molecular formula is C14H17N5O3S. The molecule has 23 heavy (non-hydrogen) atoms. The number of carbonyl (C=O) groups is 2. The highest BCUT2D eigenvalue weighted by molar-refractivity contribution is 7.99. The first-order valence-corrected chi connectivity index (χ1v) is 7.99. The van der Waals surface area contributed by atoms with E-state index in [1.54, 1.807) is 25.1 Å². The van der Waals surface area contributed by atoms with E-state index in [0.717, 1.165) is 16.5 Å². The summed E-state index contributed by atoms with van der Waals surface area (Å²) >= 11 is 1.50. The predicted octanol–water partition coefficient (Wildman–Crippen LogP) is 2.24. The molecule has 0 aliphatic rings. The Morgan fingerprint density at radius 3 is 2.70 bits per heavy atom. The van der Waals surface area contributed by atoms with Crippen molar-refractivity contribution in [3.63, 3.8) is 0 Å². The van der Waals surface area contributed by atoms with Gasteiger partial charge in [0, 0.05) is 25.2 Å². The Morgan fingerprint density at radius 2 is 2.09 bits per heavy atom. The van der Waals surface area contributed by atoms with Crippen LogP contribution < -0.4 is 10.6 Å². The van der Waals surface area contributed by atoms with E-state index in [-0.39, 0.29) is 11.8 Å². The highest BCUT2D eigenvalue weighted by Crippen LogP contribution is 2.17. The molecule has 0 unspecified atom stereocenters.